The third kappa shape index (κ3) is 5.87. The number of anilines is 1. The van der Waals surface area contributed by atoms with E-state index in [2.05, 4.69) is 5.32 Å². The van der Waals surface area contributed by atoms with Gasteiger partial charge < -0.3 is 15.2 Å². The summed E-state index contributed by atoms with van der Waals surface area (Å²) >= 11 is 0. The molecule has 0 radical (unpaired) electrons. The second-order valence-corrected chi connectivity index (χ2v) is 11.9. The minimum Gasteiger partial charge on any atom is -0.444 e. The maximum atomic E-state index is 14.7. The number of rotatable bonds is 4. The third-order valence-corrected chi connectivity index (χ3v) is 6.82. The molecule has 2 aromatic carbocycles. The first-order valence-electron chi connectivity index (χ1n) is 10.9. The van der Waals surface area contributed by atoms with Crippen molar-refractivity contribution < 1.29 is 45.4 Å². The summed E-state index contributed by atoms with van der Waals surface area (Å²) in [5.41, 5.74) is -4.89. The van der Waals surface area contributed by atoms with Crippen LogP contribution in [0.4, 0.5) is 28.0 Å². The molecule has 2 amide bonds. The van der Waals surface area contributed by atoms with Crippen LogP contribution in [0.15, 0.2) is 41.3 Å². The second-order valence-electron chi connectivity index (χ2n) is 9.90. The quantitative estimate of drug-likeness (QED) is 0.549. The summed E-state index contributed by atoms with van der Waals surface area (Å²) in [5, 5.41) is 12.0. The van der Waals surface area contributed by atoms with E-state index in [1.54, 1.807) is 20.8 Å². The Morgan fingerprint density at radius 2 is 1.70 bits per heavy atom. The van der Waals surface area contributed by atoms with Crippen LogP contribution in [0, 0.1) is 5.82 Å². The molecule has 0 fully saturated rings. The highest BCUT2D eigenvalue weighted by Gasteiger charge is 2.51. The predicted molar refractivity (Wildman–Crippen MR) is 125 cm³/mol. The Kier molecular flexibility index (Phi) is 7.12. The minimum atomic E-state index is -5.07. The number of nitrogens with zero attached hydrogens (tertiary/aromatic N) is 1. The number of halogens is 4. The van der Waals surface area contributed by atoms with Crippen LogP contribution in [-0.2, 0) is 31.5 Å². The van der Waals surface area contributed by atoms with E-state index >= 15 is 0 Å². The molecule has 0 saturated heterocycles. The molecule has 8 nitrogen and oxygen atoms in total. The molecule has 202 valence electrons. The molecule has 0 aromatic heterocycles. The molecule has 1 heterocycles. The van der Waals surface area contributed by atoms with Crippen molar-refractivity contribution in [1.29, 1.82) is 0 Å². The lowest BCUT2D eigenvalue weighted by Gasteiger charge is -2.28. The number of nitrogens with one attached hydrogen (secondary N) is 1. The van der Waals surface area contributed by atoms with Crippen LogP contribution in [0.25, 0.3) is 0 Å². The van der Waals surface area contributed by atoms with Crippen molar-refractivity contribution in [2.24, 2.45) is 0 Å². The summed E-state index contributed by atoms with van der Waals surface area (Å²) in [6.07, 6.45) is -4.96. The normalized spacial score (nSPS) is 17.7. The van der Waals surface area contributed by atoms with Crippen molar-refractivity contribution >= 4 is 27.5 Å². The zero-order valence-electron chi connectivity index (χ0n) is 20.6. The van der Waals surface area contributed by atoms with Crippen LogP contribution in [0.3, 0.4) is 0 Å². The highest BCUT2D eigenvalue weighted by molar-refractivity contribution is 7.90. The second kappa shape index (κ2) is 9.28. The number of alkyl halides is 3. The topological polar surface area (TPSA) is 113 Å². The van der Waals surface area contributed by atoms with Gasteiger partial charge in [-0.1, -0.05) is 12.1 Å². The van der Waals surface area contributed by atoms with E-state index in [-0.39, 0.29) is 17.0 Å². The molecule has 13 heteroatoms. The Hall–Kier alpha value is -3.19. The molecule has 0 spiro atoms. The van der Waals surface area contributed by atoms with Crippen molar-refractivity contribution in [2.45, 2.75) is 62.6 Å². The van der Waals surface area contributed by atoms with Gasteiger partial charge in [0.1, 0.15) is 17.5 Å². The van der Waals surface area contributed by atoms with E-state index < -0.39 is 62.3 Å². The number of benzene rings is 2. The SMILES string of the molecule is CC(C)(C)OC(=O)N1Cc2cc(S(C)(=O)=O)ccc2C1C(=O)Nc1ccc(C(C)(O)C(F)(F)F)cc1F. The predicted octanol–water partition coefficient (Wildman–Crippen LogP) is 4.43. The van der Waals surface area contributed by atoms with Crippen molar-refractivity contribution in [3.8, 4) is 0 Å². The molecule has 2 aromatic rings. The lowest BCUT2D eigenvalue weighted by atomic mass is 9.95. The molecule has 0 bridgehead atoms. The summed E-state index contributed by atoms with van der Waals surface area (Å²) in [4.78, 5) is 27.2. The van der Waals surface area contributed by atoms with Crippen LogP contribution in [-0.4, -0.2) is 48.5 Å². The maximum Gasteiger partial charge on any atom is 0.421 e. The fourth-order valence-corrected chi connectivity index (χ4v) is 4.39. The van der Waals surface area contributed by atoms with Crippen LogP contribution in [0.2, 0.25) is 0 Å². The molecule has 1 aliphatic heterocycles. The highest BCUT2D eigenvalue weighted by Crippen LogP contribution is 2.40. The average Bonchev–Trinajstić information content (AvgIpc) is 3.11. The van der Waals surface area contributed by atoms with Crippen LogP contribution in [0.5, 0.6) is 0 Å². The molecule has 2 unspecified atom stereocenters. The number of hydrogen-bond acceptors (Lipinski definition) is 6. The Bertz CT molecular complexity index is 1350. The zero-order valence-corrected chi connectivity index (χ0v) is 21.4. The Morgan fingerprint density at radius 1 is 1.08 bits per heavy atom. The highest BCUT2D eigenvalue weighted by atomic mass is 32.2. The number of carbonyl (C=O) groups is 2. The first-order valence-corrected chi connectivity index (χ1v) is 12.8. The zero-order chi connectivity index (χ0) is 28.1. The van der Waals surface area contributed by atoms with E-state index in [9.17, 15) is 40.7 Å². The summed E-state index contributed by atoms with van der Waals surface area (Å²) in [6.45, 7) is 5.12. The van der Waals surface area contributed by atoms with Gasteiger partial charge in [-0.15, -0.1) is 0 Å². The summed E-state index contributed by atoms with van der Waals surface area (Å²) in [5.74, 6) is -2.16. The first kappa shape index (κ1) is 28.4. The van der Waals surface area contributed by atoms with Gasteiger partial charge in [0.25, 0.3) is 5.91 Å². The van der Waals surface area contributed by atoms with Crippen LogP contribution < -0.4 is 5.32 Å². The monoisotopic (exact) mass is 546 g/mol. The number of amides is 2. The van der Waals surface area contributed by atoms with Gasteiger partial charge in [0, 0.05) is 6.26 Å². The Labute approximate surface area is 211 Å². The number of hydrogen-bond donors (Lipinski definition) is 2. The van der Waals surface area contributed by atoms with Crippen LogP contribution >= 0.6 is 0 Å². The number of sulfone groups is 1. The van der Waals surface area contributed by atoms with Crippen LogP contribution in [0.1, 0.15) is 50.4 Å². The maximum absolute atomic E-state index is 14.7. The molecule has 2 atom stereocenters. The molecular formula is C24H26F4N2O6S. The fourth-order valence-electron chi connectivity index (χ4n) is 3.72. The summed E-state index contributed by atoms with van der Waals surface area (Å²) in [7, 11) is -3.59. The van der Waals surface area contributed by atoms with Crippen molar-refractivity contribution in [3.63, 3.8) is 0 Å². The van der Waals surface area contributed by atoms with Crippen molar-refractivity contribution in [3.05, 3.63) is 58.9 Å². The largest absolute Gasteiger partial charge is 0.444 e. The molecule has 3 rings (SSSR count). The standard InChI is InChI=1S/C24H26F4N2O6S/c1-22(2,3)36-21(32)30-12-13-10-15(37(5,34)35)7-8-16(13)19(30)20(31)29-18-9-6-14(11-17(18)25)23(4,33)24(26,27)28/h6-11,19,33H,12H2,1-5H3,(H,29,31). The third-order valence-electron chi connectivity index (χ3n) is 5.71. The number of aliphatic hydroxyl groups is 1. The molecule has 1 aliphatic rings. The van der Waals surface area contributed by atoms with Gasteiger partial charge in [-0.25, -0.2) is 17.6 Å². The lowest BCUT2D eigenvalue weighted by molar-refractivity contribution is -0.258. The Morgan fingerprint density at radius 3 is 2.22 bits per heavy atom. The van der Waals surface area contributed by atoms with Gasteiger partial charge in [0.2, 0.25) is 0 Å². The van der Waals surface area contributed by atoms with Gasteiger partial charge in [-0.05, 0) is 68.7 Å². The average molecular weight is 547 g/mol. The molecule has 2 N–H and O–H groups in total. The molecule has 37 heavy (non-hydrogen) atoms. The van der Waals surface area contributed by atoms with Gasteiger partial charge in [0.15, 0.2) is 15.4 Å². The van der Waals surface area contributed by atoms with Gasteiger partial charge in [0.05, 0.1) is 17.1 Å². The van der Waals surface area contributed by atoms with E-state index in [0.29, 0.717) is 18.6 Å². The molecular weight excluding hydrogens is 520 g/mol. The van der Waals surface area contributed by atoms with Gasteiger partial charge in [-0.2, -0.15) is 13.2 Å². The first-order chi connectivity index (χ1) is 16.7. The van der Waals surface area contributed by atoms with E-state index in [4.69, 9.17) is 4.74 Å². The number of carbonyl (C=O) groups excluding carboxylic acids is 2. The number of fused-ring (bicyclic) bond motifs is 1. The van der Waals surface area contributed by atoms with Gasteiger partial charge >= 0.3 is 12.3 Å². The minimum absolute atomic E-state index is 0.0326. The lowest BCUT2D eigenvalue weighted by Crippen LogP contribution is -2.40. The molecule has 0 aliphatic carbocycles. The van der Waals surface area contributed by atoms with E-state index in [1.807, 2.05) is 0 Å². The van der Waals surface area contributed by atoms with E-state index in [1.165, 1.54) is 18.2 Å². The van der Waals surface area contributed by atoms with Crippen molar-refractivity contribution in [1.82, 2.24) is 4.90 Å². The summed E-state index contributed by atoms with van der Waals surface area (Å²) in [6, 6.07) is 4.74. The summed E-state index contributed by atoms with van der Waals surface area (Å²) < 4.78 is 83.4. The smallest absolute Gasteiger partial charge is 0.421 e. The van der Waals surface area contributed by atoms with Crippen molar-refractivity contribution in [2.75, 3.05) is 11.6 Å². The van der Waals surface area contributed by atoms with Gasteiger partial charge in [-0.3, -0.25) is 9.69 Å². The fraction of sp³-hybridized carbons (Fsp3) is 0.417. The van der Waals surface area contributed by atoms with E-state index in [0.717, 1.165) is 23.3 Å². The number of ether oxygens (including phenoxy) is 1. The molecule has 0 saturated carbocycles. The Balaban J connectivity index is 1.98.